The van der Waals surface area contributed by atoms with Crippen LogP contribution in [0.5, 0.6) is 0 Å². The molecule has 2 heterocycles. The quantitative estimate of drug-likeness (QED) is 0.259. The number of nitrogens with zero attached hydrogens (tertiary/aromatic N) is 2. The van der Waals surface area contributed by atoms with E-state index < -0.39 is 0 Å². The Hall–Kier alpha value is 0.480. The summed E-state index contributed by atoms with van der Waals surface area (Å²) >= 11 is 10.8. The summed E-state index contributed by atoms with van der Waals surface area (Å²) in [6, 6.07) is 19.2. The molecule has 148 valence electrons. The summed E-state index contributed by atoms with van der Waals surface area (Å²) in [6.45, 7) is 0.791. The summed E-state index contributed by atoms with van der Waals surface area (Å²) < 4.78 is 4.84. The summed E-state index contributed by atoms with van der Waals surface area (Å²) in [5.41, 5.74) is 2.49. The molecule has 4 rings (SSSR count). The maximum atomic E-state index is 13.1. The molecule has 2 fully saturated rings. The second-order valence-electron chi connectivity index (χ2n) is 7.17. The molecule has 8 heteroatoms. The number of fused-ring (bicyclic) bond motifs is 1. The van der Waals surface area contributed by atoms with Crippen LogP contribution in [0.1, 0.15) is 36.1 Å². The Morgan fingerprint density at radius 2 is 1.61 bits per heavy atom. The molecule has 2 aromatic carbocycles. The predicted octanol–water partition coefficient (Wildman–Crippen LogP) is 7.08. The number of piperidine rings is 2. The molecule has 0 amide bonds. The van der Waals surface area contributed by atoms with Crippen LogP contribution in [0, 0.1) is 5.92 Å². The standard InChI is InChI=1S/C20H19ClI2N2OS2/c21-15-8-6-14(7-9-15)17-10-19-16(12-24(17)27-22)20(26)11-18(25(19)28-23)13-4-2-1-3-5-13/h1-9,16-19H,10-12H2/t16-,17?,18+,19+/m1/s1. The number of halogens is 3. The van der Waals surface area contributed by atoms with Crippen molar-refractivity contribution in [1.29, 1.82) is 0 Å². The third kappa shape index (κ3) is 4.40. The lowest BCUT2D eigenvalue weighted by Crippen LogP contribution is -2.55. The lowest BCUT2D eigenvalue weighted by Gasteiger charge is -2.50. The molecule has 0 aromatic heterocycles. The van der Waals surface area contributed by atoms with Gasteiger partial charge in [-0.05, 0) is 47.9 Å². The highest BCUT2D eigenvalue weighted by molar-refractivity contribution is 14.2. The lowest BCUT2D eigenvalue weighted by atomic mass is 9.77. The SMILES string of the molecule is O=C1C[C@@H](c2ccccc2)N(SI)[C@H]2CC(c3ccc(Cl)cc3)N(SI)C[C@@H]12. The minimum atomic E-state index is 0.0630. The van der Waals surface area contributed by atoms with Crippen LogP contribution >= 0.6 is 72.3 Å². The molecule has 0 N–H and O–H groups in total. The highest BCUT2D eigenvalue weighted by Crippen LogP contribution is 2.50. The van der Waals surface area contributed by atoms with Gasteiger partial charge in [-0.15, -0.1) is 0 Å². The molecule has 0 aliphatic carbocycles. The Morgan fingerprint density at radius 3 is 2.25 bits per heavy atom. The number of hydrogen-bond acceptors (Lipinski definition) is 5. The van der Waals surface area contributed by atoms with Crippen molar-refractivity contribution < 1.29 is 4.79 Å². The Kier molecular flexibility index (Phi) is 7.55. The monoisotopic (exact) mass is 656 g/mol. The average molecular weight is 657 g/mol. The number of carbonyl (C=O) groups excluding carboxylic acids is 1. The normalized spacial score (nSPS) is 28.9. The molecular weight excluding hydrogens is 638 g/mol. The second kappa shape index (κ2) is 9.74. The van der Waals surface area contributed by atoms with Crippen LogP contribution in [-0.4, -0.2) is 27.0 Å². The largest absolute Gasteiger partial charge is 0.299 e. The van der Waals surface area contributed by atoms with E-state index in [9.17, 15) is 4.79 Å². The molecule has 3 nitrogen and oxygen atoms in total. The topological polar surface area (TPSA) is 23.6 Å². The van der Waals surface area contributed by atoms with Crippen molar-refractivity contribution in [3.8, 4) is 0 Å². The molecule has 0 bridgehead atoms. The molecule has 2 aliphatic rings. The summed E-state index contributed by atoms with van der Waals surface area (Å²) in [7, 11) is 3.46. The van der Waals surface area contributed by atoms with E-state index in [4.69, 9.17) is 11.6 Å². The first-order valence-electron chi connectivity index (χ1n) is 9.08. The molecule has 0 spiro atoms. The molecular formula is C20H19ClI2N2OS2. The molecule has 2 saturated heterocycles. The summed E-state index contributed by atoms with van der Waals surface area (Å²) in [5, 5.41) is 0.757. The predicted molar refractivity (Wildman–Crippen MR) is 137 cm³/mol. The van der Waals surface area contributed by atoms with Gasteiger partial charge in [0.25, 0.3) is 0 Å². The van der Waals surface area contributed by atoms with Crippen LogP contribution in [0.3, 0.4) is 0 Å². The van der Waals surface area contributed by atoms with E-state index in [0.717, 1.165) is 18.0 Å². The number of benzene rings is 2. The zero-order valence-electron chi connectivity index (χ0n) is 14.9. The Bertz CT molecular complexity index is 827. The van der Waals surface area contributed by atoms with Crippen molar-refractivity contribution in [2.75, 3.05) is 6.54 Å². The van der Waals surface area contributed by atoms with Gasteiger partial charge in [-0.2, -0.15) is 0 Å². The molecule has 2 aliphatic heterocycles. The number of hydrogen-bond donors (Lipinski definition) is 0. The van der Waals surface area contributed by atoms with Gasteiger partial charge in [0.15, 0.2) is 0 Å². The van der Waals surface area contributed by atoms with Gasteiger partial charge in [-0.25, -0.2) is 8.61 Å². The van der Waals surface area contributed by atoms with Crippen LogP contribution in [0.4, 0.5) is 0 Å². The summed E-state index contributed by atoms with van der Waals surface area (Å²) in [4.78, 5) is 13.1. The third-order valence-corrected chi connectivity index (χ3v) is 10.1. The Morgan fingerprint density at radius 1 is 0.929 bits per heavy atom. The van der Waals surface area contributed by atoms with Gasteiger partial charge in [0.2, 0.25) is 0 Å². The highest BCUT2D eigenvalue weighted by Gasteiger charge is 2.48. The van der Waals surface area contributed by atoms with E-state index in [1.165, 1.54) is 11.1 Å². The number of carbonyl (C=O) groups is 1. The number of Topliss-reactive ketones (excluding diaryl/α,β-unsaturated/α-hetero) is 1. The van der Waals surface area contributed by atoms with Crippen molar-refractivity contribution in [1.82, 2.24) is 8.61 Å². The van der Waals surface area contributed by atoms with E-state index in [2.05, 4.69) is 87.4 Å². The molecule has 0 saturated carbocycles. The summed E-state index contributed by atoms with van der Waals surface area (Å²) in [6.07, 6.45) is 1.53. The molecule has 2 aromatic rings. The first-order valence-corrected chi connectivity index (χ1v) is 16.1. The lowest BCUT2D eigenvalue weighted by molar-refractivity contribution is -0.131. The second-order valence-corrected chi connectivity index (χ2v) is 11.1. The van der Waals surface area contributed by atoms with E-state index in [1.807, 2.05) is 18.2 Å². The molecule has 28 heavy (non-hydrogen) atoms. The van der Waals surface area contributed by atoms with Crippen LogP contribution in [0.15, 0.2) is 54.6 Å². The maximum Gasteiger partial charge on any atom is 0.140 e. The van der Waals surface area contributed by atoms with Gasteiger partial charge >= 0.3 is 0 Å². The van der Waals surface area contributed by atoms with Gasteiger partial charge < -0.3 is 0 Å². The van der Waals surface area contributed by atoms with Crippen molar-refractivity contribution in [2.24, 2.45) is 5.92 Å². The van der Waals surface area contributed by atoms with Gasteiger partial charge in [-0.1, -0.05) is 54.1 Å². The van der Waals surface area contributed by atoms with Crippen LogP contribution < -0.4 is 0 Å². The van der Waals surface area contributed by atoms with Crippen LogP contribution in [-0.2, 0) is 4.79 Å². The van der Waals surface area contributed by atoms with Gasteiger partial charge in [0.05, 0.1) is 6.04 Å². The number of ketones is 1. The van der Waals surface area contributed by atoms with E-state index in [-0.39, 0.29) is 24.0 Å². The van der Waals surface area contributed by atoms with Crippen molar-refractivity contribution >= 4 is 78.0 Å². The van der Waals surface area contributed by atoms with Gasteiger partial charge in [-0.3, -0.25) is 4.79 Å². The van der Waals surface area contributed by atoms with Crippen molar-refractivity contribution in [3.63, 3.8) is 0 Å². The van der Waals surface area contributed by atoms with Crippen LogP contribution in [0.2, 0.25) is 5.02 Å². The summed E-state index contributed by atoms with van der Waals surface area (Å²) in [5.74, 6) is 0.457. The minimum absolute atomic E-state index is 0.0630. The molecule has 4 atom stereocenters. The molecule has 1 unspecified atom stereocenters. The fourth-order valence-electron chi connectivity index (χ4n) is 4.32. The van der Waals surface area contributed by atoms with Gasteiger partial charge in [0, 0.05) is 78.4 Å². The minimum Gasteiger partial charge on any atom is -0.299 e. The van der Waals surface area contributed by atoms with E-state index >= 15 is 0 Å². The van der Waals surface area contributed by atoms with E-state index in [0.29, 0.717) is 12.2 Å². The van der Waals surface area contributed by atoms with Crippen molar-refractivity contribution in [2.45, 2.75) is 31.0 Å². The van der Waals surface area contributed by atoms with Crippen LogP contribution in [0.25, 0.3) is 0 Å². The Balaban J connectivity index is 1.66. The fraction of sp³-hybridized carbons (Fsp3) is 0.350. The number of rotatable bonds is 4. The maximum absolute atomic E-state index is 13.1. The van der Waals surface area contributed by atoms with Crippen molar-refractivity contribution in [3.05, 3.63) is 70.7 Å². The average Bonchev–Trinajstić information content (AvgIpc) is 2.74. The van der Waals surface area contributed by atoms with E-state index in [1.54, 1.807) is 18.2 Å². The zero-order chi connectivity index (χ0) is 19.7. The third-order valence-electron chi connectivity index (χ3n) is 5.70. The zero-order valence-corrected chi connectivity index (χ0v) is 21.6. The highest BCUT2D eigenvalue weighted by atomic mass is 127. The van der Waals surface area contributed by atoms with Gasteiger partial charge in [0.1, 0.15) is 5.78 Å². The Labute approximate surface area is 203 Å². The first kappa shape index (κ1) is 21.7. The first-order chi connectivity index (χ1) is 13.6. The molecule has 0 radical (unpaired) electrons. The smallest absolute Gasteiger partial charge is 0.140 e. The fourth-order valence-corrected chi connectivity index (χ4v) is 8.60.